The van der Waals surface area contributed by atoms with Crippen LogP contribution in [-0.2, 0) is 22.9 Å². The molecule has 1 aliphatic heterocycles. The van der Waals surface area contributed by atoms with Gasteiger partial charge in [0.1, 0.15) is 6.54 Å². The minimum atomic E-state index is -4.68. The van der Waals surface area contributed by atoms with E-state index in [1.165, 1.54) is 6.92 Å². The quantitative estimate of drug-likeness (QED) is 0.856. The van der Waals surface area contributed by atoms with E-state index in [4.69, 9.17) is 11.6 Å². The molecule has 0 spiro atoms. The predicted octanol–water partition coefficient (Wildman–Crippen LogP) is 3.03. The number of rotatable bonds is 4. The molecule has 9 heteroatoms. The van der Waals surface area contributed by atoms with Crippen LogP contribution < -0.4 is 0 Å². The van der Waals surface area contributed by atoms with E-state index in [0.29, 0.717) is 19.5 Å². The van der Waals surface area contributed by atoms with Crippen molar-refractivity contribution in [2.24, 2.45) is 0 Å². The highest BCUT2D eigenvalue weighted by molar-refractivity contribution is 6.32. The molecule has 1 aliphatic rings. The summed E-state index contributed by atoms with van der Waals surface area (Å²) in [6, 6.07) is 9.40. The van der Waals surface area contributed by atoms with Gasteiger partial charge in [0.2, 0.25) is 5.91 Å². The Labute approximate surface area is 159 Å². The van der Waals surface area contributed by atoms with Crippen molar-refractivity contribution in [2.45, 2.75) is 31.5 Å². The van der Waals surface area contributed by atoms with Crippen molar-refractivity contribution in [3.8, 4) is 0 Å². The van der Waals surface area contributed by atoms with Crippen molar-refractivity contribution in [3.05, 3.63) is 52.3 Å². The van der Waals surface area contributed by atoms with E-state index < -0.39 is 22.3 Å². The molecule has 0 saturated carbocycles. The molecule has 1 atom stereocenters. The summed E-state index contributed by atoms with van der Waals surface area (Å²) in [5.74, 6) is -0.364. The van der Waals surface area contributed by atoms with Crippen molar-refractivity contribution < 1.29 is 23.1 Å². The van der Waals surface area contributed by atoms with Crippen LogP contribution in [0, 0.1) is 6.92 Å². The number of amides is 1. The molecule has 1 amide bonds. The summed E-state index contributed by atoms with van der Waals surface area (Å²) in [5, 5.41) is 12.9. The number of alkyl halides is 3. The number of hydrogen-bond acceptors (Lipinski definition) is 3. The molecule has 0 radical (unpaired) electrons. The van der Waals surface area contributed by atoms with Gasteiger partial charge in [-0.05, 0) is 18.9 Å². The number of halogens is 4. The Kier molecular flexibility index (Phi) is 5.22. The van der Waals surface area contributed by atoms with Crippen molar-refractivity contribution in [2.75, 3.05) is 19.7 Å². The van der Waals surface area contributed by atoms with Crippen LogP contribution in [0.2, 0.25) is 5.02 Å². The molecule has 146 valence electrons. The fourth-order valence-corrected chi connectivity index (χ4v) is 3.66. The number of aliphatic hydroxyl groups is 1. The second-order valence-corrected chi connectivity index (χ2v) is 7.15. The second-order valence-electron chi connectivity index (χ2n) is 6.77. The number of carbonyl (C=O) groups is 1. The standard InChI is InChI=1S/C18H19ClF3N3O2/c1-12-15(19)16(18(20,21)22)23-25(12)9-14(27)24-8-7-17(10-24,11-26)13-5-3-2-4-6-13/h2-6,26H,7-11H2,1H3. The molecule has 2 heterocycles. The minimum absolute atomic E-state index is 0.0908. The number of carbonyl (C=O) groups excluding carboxylic acids is 1. The lowest BCUT2D eigenvalue weighted by Gasteiger charge is -2.27. The largest absolute Gasteiger partial charge is 0.436 e. The highest BCUT2D eigenvalue weighted by Crippen LogP contribution is 2.36. The highest BCUT2D eigenvalue weighted by Gasteiger charge is 2.42. The van der Waals surface area contributed by atoms with E-state index in [1.54, 1.807) is 4.90 Å². The molecular weight excluding hydrogens is 383 g/mol. The van der Waals surface area contributed by atoms with E-state index in [0.717, 1.165) is 10.2 Å². The van der Waals surface area contributed by atoms with Gasteiger partial charge >= 0.3 is 6.18 Å². The smallest absolute Gasteiger partial charge is 0.395 e. The molecule has 1 fully saturated rings. The van der Waals surface area contributed by atoms with Crippen LogP contribution >= 0.6 is 11.6 Å². The van der Waals surface area contributed by atoms with Gasteiger partial charge in [0.25, 0.3) is 0 Å². The Hall–Kier alpha value is -2.06. The average molecular weight is 402 g/mol. The maximum atomic E-state index is 12.9. The van der Waals surface area contributed by atoms with E-state index in [9.17, 15) is 23.1 Å². The summed E-state index contributed by atoms with van der Waals surface area (Å²) in [4.78, 5) is 14.2. The summed E-state index contributed by atoms with van der Waals surface area (Å²) in [6.07, 6.45) is -4.10. The van der Waals surface area contributed by atoms with Crippen LogP contribution in [0.1, 0.15) is 23.4 Å². The molecule has 5 nitrogen and oxygen atoms in total. The Bertz CT molecular complexity index is 838. The zero-order chi connectivity index (χ0) is 19.8. The molecule has 3 rings (SSSR count). The van der Waals surface area contributed by atoms with Gasteiger partial charge in [0.05, 0.1) is 17.3 Å². The van der Waals surface area contributed by atoms with E-state index in [-0.39, 0.29) is 24.8 Å². The second kappa shape index (κ2) is 7.16. The van der Waals surface area contributed by atoms with Gasteiger partial charge in [-0.2, -0.15) is 18.3 Å². The van der Waals surface area contributed by atoms with Crippen molar-refractivity contribution in [1.29, 1.82) is 0 Å². The third-order valence-electron chi connectivity index (χ3n) is 5.08. The molecular formula is C18H19ClF3N3O2. The lowest BCUT2D eigenvalue weighted by molar-refractivity contribution is -0.142. The van der Waals surface area contributed by atoms with Gasteiger partial charge in [-0.15, -0.1) is 0 Å². The van der Waals surface area contributed by atoms with E-state index >= 15 is 0 Å². The van der Waals surface area contributed by atoms with Gasteiger partial charge in [-0.3, -0.25) is 9.48 Å². The predicted molar refractivity (Wildman–Crippen MR) is 93.4 cm³/mol. The van der Waals surface area contributed by atoms with Gasteiger partial charge < -0.3 is 10.0 Å². The molecule has 1 saturated heterocycles. The first-order valence-corrected chi connectivity index (χ1v) is 8.80. The van der Waals surface area contributed by atoms with Crippen molar-refractivity contribution in [3.63, 3.8) is 0 Å². The number of aromatic nitrogens is 2. The van der Waals surface area contributed by atoms with Crippen LogP contribution in [-0.4, -0.2) is 45.4 Å². The molecule has 0 bridgehead atoms. The fourth-order valence-electron chi connectivity index (χ4n) is 3.42. The molecule has 27 heavy (non-hydrogen) atoms. The van der Waals surface area contributed by atoms with Crippen LogP contribution in [0.5, 0.6) is 0 Å². The van der Waals surface area contributed by atoms with Crippen molar-refractivity contribution >= 4 is 17.5 Å². The first-order chi connectivity index (χ1) is 12.7. The third kappa shape index (κ3) is 3.68. The summed E-state index contributed by atoms with van der Waals surface area (Å²) in [5.41, 5.74) is -0.733. The van der Waals surface area contributed by atoms with Crippen LogP contribution in [0.3, 0.4) is 0 Å². The first-order valence-electron chi connectivity index (χ1n) is 8.42. The van der Waals surface area contributed by atoms with Crippen LogP contribution in [0.4, 0.5) is 13.2 Å². The monoisotopic (exact) mass is 401 g/mol. The van der Waals surface area contributed by atoms with Crippen molar-refractivity contribution in [1.82, 2.24) is 14.7 Å². The van der Waals surface area contributed by atoms with Crippen LogP contribution in [0.15, 0.2) is 30.3 Å². The summed E-state index contributed by atoms with van der Waals surface area (Å²) >= 11 is 5.73. The van der Waals surface area contributed by atoms with Gasteiger partial charge in [-0.25, -0.2) is 0 Å². The number of benzene rings is 1. The Balaban J connectivity index is 1.77. The molecule has 1 aromatic carbocycles. The zero-order valence-electron chi connectivity index (χ0n) is 14.6. The van der Waals surface area contributed by atoms with E-state index in [1.807, 2.05) is 30.3 Å². The maximum absolute atomic E-state index is 12.9. The topological polar surface area (TPSA) is 58.4 Å². The number of hydrogen-bond donors (Lipinski definition) is 1. The average Bonchev–Trinajstić information content (AvgIpc) is 3.20. The number of likely N-dealkylation sites (tertiary alicyclic amines) is 1. The maximum Gasteiger partial charge on any atom is 0.436 e. The molecule has 1 N–H and O–H groups in total. The zero-order valence-corrected chi connectivity index (χ0v) is 15.4. The molecule has 1 aromatic heterocycles. The lowest BCUT2D eigenvalue weighted by atomic mass is 9.80. The highest BCUT2D eigenvalue weighted by atomic mass is 35.5. The SMILES string of the molecule is Cc1c(Cl)c(C(F)(F)F)nn1CC(=O)N1CCC(CO)(c2ccccc2)C1. The summed E-state index contributed by atoms with van der Waals surface area (Å²) in [7, 11) is 0. The summed E-state index contributed by atoms with van der Waals surface area (Å²) < 4.78 is 39.8. The number of aliphatic hydroxyl groups excluding tert-OH is 1. The minimum Gasteiger partial charge on any atom is -0.395 e. The van der Waals surface area contributed by atoms with Gasteiger partial charge in [0, 0.05) is 18.5 Å². The Morgan fingerprint density at radius 2 is 2.00 bits per heavy atom. The Morgan fingerprint density at radius 3 is 2.56 bits per heavy atom. The van der Waals surface area contributed by atoms with E-state index in [2.05, 4.69) is 5.10 Å². The Morgan fingerprint density at radius 1 is 1.33 bits per heavy atom. The molecule has 0 aliphatic carbocycles. The molecule has 1 unspecified atom stereocenters. The van der Waals surface area contributed by atoms with Gasteiger partial charge in [-0.1, -0.05) is 41.9 Å². The third-order valence-corrected chi connectivity index (χ3v) is 5.53. The van der Waals surface area contributed by atoms with Crippen LogP contribution in [0.25, 0.3) is 0 Å². The summed E-state index contributed by atoms with van der Waals surface area (Å²) in [6.45, 7) is 1.65. The van der Waals surface area contributed by atoms with Gasteiger partial charge in [0.15, 0.2) is 5.69 Å². The fraction of sp³-hybridized carbons (Fsp3) is 0.444. The number of nitrogens with zero attached hydrogens (tertiary/aromatic N) is 3. The lowest BCUT2D eigenvalue weighted by Crippen LogP contribution is -2.38. The normalized spacial score (nSPS) is 20.3. The molecule has 2 aromatic rings. The first kappa shape index (κ1) is 19.7.